The molecule has 0 saturated carbocycles. The molecule has 1 fully saturated rings. The van der Waals surface area contributed by atoms with Crippen LogP contribution in [0.1, 0.15) is 49.6 Å². The molecular formula is C20H28N6. The number of nitrogens with one attached hydrogen (secondary N) is 1. The van der Waals surface area contributed by atoms with Gasteiger partial charge < -0.3 is 16.0 Å². The number of aryl methyl sites for hydroxylation is 1. The molecule has 3 rings (SSSR count). The second-order valence-corrected chi connectivity index (χ2v) is 7.10. The molecule has 3 N–H and O–H groups in total. The smallest absolute Gasteiger partial charge is 0.225 e. The molecule has 0 atom stereocenters. The Morgan fingerprint density at radius 2 is 2.00 bits per heavy atom. The predicted octanol–water partition coefficient (Wildman–Crippen LogP) is 3.44. The normalized spacial score (nSPS) is 14.9. The Balaban J connectivity index is 1.68. The van der Waals surface area contributed by atoms with Crippen molar-refractivity contribution in [3.05, 3.63) is 47.3 Å². The van der Waals surface area contributed by atoms with E-state index in [9.17, 15) is 0 Å². The van der Waals surface area contributed by atoms with E-state index < -0.39 is 0 Å². The number of benzene rings is 1. The lowest BCUT2D eigenvalue weighted by molar-refractivity contribution is 0.857. The molecule has 6 heteroatoms. The van der Waals surface area contributed by atoms with Gasteiger partial charge in [0.2, 0.25) is 5.95 Å². The van der Waals surface area contributed by atoms with Crippen LogP contribution in [0, 0.1) is 6.92 Å². The molecule has 2 aromatic rings. The fourth-order valence-corrected chi connectivity index (χ4v) is 3.09. The Bertz CT molecular complexity index is 778. The summed E-state index contributed by atoms with van der Waals surface area (Å²) in [5, 5.41) is 3.17. The van der Waals surface area contributed by atoms with Crippen molar-refractivity contribution in [2.24, 2.45) is 10.7 Å². The molecule has 0 radical (unpaired) electrons. The van der Waals surface area contributed by atoms with Gasteiger partial charge in [-0.25, -0.2) is 15.0 Å². The maximum atomic E-state index is 6.06. The molecule has 0 spiro atoms. The van der Waals surface area contributed by atoms with Gasteiger partial charge in [0.05, 0.1) is 12.2 Å². The number of aliphatic imine (C=N–C) groups is 1. The van der Waals surface area contributed by atoms with E-state index in [0.717, 1.165) is 36.1 Å². The molecule has 0 amide bonds. The second kappa shape index (κ2) is 8.17. The van der Waals surface area contributed by atoms with Crippen LogP contribution >= 0.6 is 0 Å². The van der Waals surface area contributed by atoms with E-state index in [0.29, 0.717) is 18.4 Å². The Labute approximate surface area is 155 Å². The van der Waals surface area contributed by atoms with E-state index >= 15 is 0 Å². The zero-order valence-electron chi connectivity index (χ0n) is 15.9. The molecule has 138 valence electrons. The maximum absolute atomic E-state index is 6.06. The van der Waals surface area contributed by atoms with E-state index in [2.05, 4.69) is 51.2 Å². The molecule has 1 aromatic carbocycles. The van der Waals surface area contributed by atoms with E-state index in [1.807, 2.05) is 25.1 Å². The van der Waals surface area contributed by atoms with E-state index in [1.54, 1.807) is 0 Å². The van der Waals surface area contributed by atoms with Crippen LogP contribution in [0.4, 0.5) is 11.6 Å². The highest BCUT2D eigenvalue weighted by atomic mass is 15.3. The van der Waals surface area contributed by atoms with Crippen LogP contribution in [-0.4, -0.2) is 29.0 Å². The van der Waals surface area contributed by atoms with Gasteiger partial charge in [-0.05, 0) is 49.4 Å². The first-order valence-corrected chi connectivity index (χ1v) is 9.27. The van der Waals surface area contributed by atoms with Gasteiger partial charge in [0.15, 0.2) is 5.96 Å². The number of aromatic nitrogens is 2. The van der Waals surface area contributed by atoms with Crippen LogP contribution in [0.2, 0.25) is 0 Å². The fraction of sp³-hybridized carbons (Fsp3) is 0.450. The summed E-state index contributed by atoms with van der Waals surface area (Å²) in [5.74, 6) is 1.68. The molecule has 0 aliphatic carbocycles. The first kappa shape index (κ1) is 18.2. The molecule has 0 unspecified atom stereocenters. The molecule has 0 bridgehead atoms. The van der Waals surface area contributed by atoms with Crippen LogP contribution in [0.5, 0.6) is 0 Å². The van der Waals surface area contributed by atoms with Gasteiger partial charge in [-0.15, -0.1) is 0 Å². The second-order valence-electron chi connectivity index (χ2n) is 7.10. The monoisotopic (exact) mass is 352 g/mol. The predicted molar refractivity (Wildman–Crippen MR) is 108 cm³/mol. The summed E-state index contributed by atoms with van der Waals surface area (Å²) in [5.41, 5.74) is 10.1. The maximum Gasteiger partial charge on any atom is 0.225 e. The van der Waals surface area contributed by atoms with Gasteiger partial charge in [0, 0.05) is 24.5 Å². The third-order valence-electron chi connectivity index (χ3n) is 4.52. The number of hydrogen-bond donors (Lipinski definition) is 2. The van der Waals surface area contributed by atoms with Crippen molar-refractivity contribution in [3.63, 3.8) is 0 Å². The summed E-state index contributed by atoms with van der Waals surface area (Å²) in [4.78, 5) is 15.9. The molecule has 1 saturated heterocycles. The first-order valence-electron chi connectivity index (χ1n) is 9.27. The van der Waals surface area contributed by atoms with Gasteiger partial charge in [-0.3, -0.25) is 0 Å². The topological polar surface area (TPSA) is 79.4 Å². The van der Waals surface area contributed by atoms with Crippen molar-refractivity contribution in [3.8, 4) is 0 Å². The van der Waals surface area contributed by atoms with E-state index in [1.165, 1.54) is 18.4 Å². The summed E-state index contributed by atoms with van der Waals surface area (Å²) in [6.07, 6.45) is 2.41. The molecule has 1 aliphatic rings. The number of guanidine groups is 1. The lowest BCUT2D eigenvalue weighted by Gasteiger charge is -2.16. The number of rotatable bonds is 5. The van der Waals surface area contributed by atoms with Crippen molar-refractivity contribution in [1.29, 1.82) is 0 Å². The highest BCUT2D eigenvalue weighted by Crippen LogP contribution is 2.19. The number of hydrogen-bond acceptors (Lipinski definition) is 4. The first-order chi connectivity index (χ1) is 12.5. The van der Waals surface area contributed by atoms with Gasteiger partial charge in [0.1, 0.15) is 0 Å². The zero-order valence-corrected chi connectivity index (χ0v) is 15.9. The molecule has 1 aromatic heterocycles. The van der Waals surface area contributed by atoms with Gasteiger partial charge in [0.25, 0.3) is 0 Å². The molecular weight excluding hydrogens is 324 g/mol. The SMILES string of the molecule is Cc1cc(CN=C(N)Nc2cccc(C(C)C)c2)nc(N2CCCC2)n1. The fourth-order valence-electron chi connectivity index (χ4n) is 3.09. The Hall–Kier alpha value is -2.63. The molecule has 26 heavy (non-hydrogen) atoms. The number of nitrogens with two attached hydrogens (primary N) is 1. The highest BCUT2D eigenvalue weighted by molar-refractivity contribution is 5.92. The molecule has 2 heterocycles. The number of nitrogens with zero attached hydrogens (tertiary/aromatic N) is 4. The van der Waals surface area contributed by atoms with E-state index in [-0.39, 0.29) is 0 Å². The summed E-state index contributed by atoms with van der Waals surface area (Å²) in [7, 11) is 0. The van der Waals surface area contributed by atoms with Gasteiger partial charge >= 0.3 is 0 Å². The Morgan fingerprint density at radius 1 is 1.23 bits per heavy atom. The lowest BCUT2D eigenvalue weighted by Crippen LogP contribution is -2.23. The highest BCUT2D eigenvalue weighted by Gasteiger charge is 2.15. The van der Waals surface area contributed by atoms with Crippen LogP contribution in [0.15, 0.2) is 35.3 Å². The summed E-state index contributed by atoms with van der Waals surface area (Å²) in [6.45, 7) is 8.84. The third-order valence-corrected chi connectivity index (χ3v) is 4.52. The number of anilines is 2. The van der Waals surface area contributed by atoms with Gasteiger partial charge in [-0.2, -0.15) is 0 Å². The van der Waals surface area contributed by atoms with Crippen molar-refractivity contribution in [2.45, 2.75) is 46.1 Å². The summed E-state index contributed by atoms with van der Waals surface area (Å²) < 4.78 is 0. The van der Waals surface area contributed by atoms with Crippen LogP contribution in [-0.2, 0) is 6.54 Å². The third kappa shape index (κ3) is 4.71. The largest absolute Gasteiger partial charge is 0.370 e. The average Bonchev–Trinajstić information content (AvgIpc) is 3.14. The quantitative estimate of drug-likeness (QED) is 0.636. The van der Waals surface area contributed by atoms with Crippen molar-refractivity contribution < 1.29 is 0 Å². The Kier molecular flexibility index (Phi) is 5.71. The minimum Gasteiger partial charge on any atom is -0.370 e. The summed E-state index contributed by atoms with van der Waals surface area (Å²) in [6, 6.07) is 10.2. The van der Waals surface area contributed by atoms with Gasteiger partial charge in [-0.1, -0.05) is 26.0 Å². The molecule has 6 nitrogen and oxygen atoms in total. The average molecular weight is 352 g/mol. The minimum atomic E-state index is 0.393. The van der Waals surface area contributed by atoms with E-state index in [4.69, 9.17) is 5.73 Å². The van der Waals surface area contributed by atoms with Crippen molar-refractivity contribution in [1.82, 2.24) is 9.97 Å². The minimum absolute atomic E-state index is 0.393. The van der Waals surface area contributed by atoms with Crippen LogP contribution in [0.3, 0.4) is 0 Å². The van der Waals surface area contributed by atoms with Crippen LogP contribution < -0.4 is 16.0 Å². The van der Waals surface area contributed by atoms with Crippen molar-refractivity contribution in [2.75, 3.05) is 23.3 Å². The summed E-state index contributed by atoms with van der Waals surface area (Å²) >= 11 is 0. The Morgan fingerprint density at radius 3 is 2.73 bits per heavy atom. The lowest BCUT2D eigenvalue weighted by atomic mass is 10.0. The van der Waals surface area contributed by atoms with Crippen LogP contribution in [0.25, 0.3) is 0 Å². The standard InChI is InChI=1S/C20H28N6/c1-14(2)16-7-6-8-17(12-16)24-19(21)22-13-18-11-15(3)23-20(25-18)26-9-4-5-10-26/h6-8,11-12,14H,4-5,9-10,13H2,1-3H3,(H3,21,22,24). The zero-order chi connectivity index (χ0) is 18.5. The molecule has 1 aliphatic heterocycles. The van der Waals surface area contributed by atoms with Crippen molar-refractivity contribution >= 4 is 17.6 Å².